The Bertz CT molecular complexity index is 1160. The Hall–Kier alpha value is -3.45. The molecule has 0 aliphatic rings. The van der Waals surface area contributed by atoms with Gasteiger partial charge in [0.15, 0.2) is 0 Å². The second-order valence-corrected chi connectivity index (χ2v) is 10.0. The zero-order valence-corrected chi connectivity index (χ0v) is 22.8. The Morgan fingerprint density at radius 2 is 1.59 bits per heavy atom. The number of aryl methyl sites for hydroxylation is 1. The second kappa shape index (κ2) is 15.2. The van der Waals surface area contributed by atoms with Crippen LogP contribution in [-0.4, -0.2) is 34.9 Å². The van der Waals surface area contributed by atoms with Crippen molar-refractivity contribution in [2.75, 3.05) is 13.1 Å². The number of aromatic nitrogens is 1. The molecule has 39 heavy (non-hydrogen) atoms. The normalized spacial score (nSPS) is 12.0. The number of nitrogens with zero attached hydrogens (tertiary/aromatic N) is 2. The first kappa shape index (κ1) is 30.1. The van der Waals surface area contributed by atoms with Crippen LogP contribution in [0, 0.1) is 0 Å². The molecule has 0 bridgehead atoms. The maximum atomic E-state index is 12.8. The number of benzene rings is 2. The highest BCUT2D eigenvalue weighted by Gasteiger charge is 2.29. The average molecular weight is 538 g/mol. The van der Waals surface area contributed by atoms with Gasteiger partial charge < -0.3 is 5.32 Å². The summed E-state index contributed by atoms with van der Waals surface area (Å²) in [5.74, 6) is -0.0933. The molecule has 0 atom stereocenters. The molecule has 4 nitrogen and oxygen atoms in total. The lowest BCUT2D eigenvalue weighted by Gasteiger charge is -2.26. The van der Waals surface area contributed by atoms with Crippen molar-refractivity contribution in [2.45, 2.75) is 64.7 Å². The Labute approximate surface area is 230 Å². The molecule has 0 radical (unpaired) electrons. The van der Waals surface area contributed by atoms with Crippen LogP contribution in [0.1, 0.15) is 60.9 Å². The van der Waals surface area contributed by atoms with Crippen molar-refractivity contribution in [3.8, 4) is 0 Å². The molecule has 0 unspecified atom stereocenters. The summed E-state index contributed by atoms with van der Waals surface area (Å²) in [5, 5.41) is 2.92. The van der Waals surface area contributed by atoms with E-state index < -0.39 is 11.7 Å². The van der Waals surface area contributed by atoms with Gasteiger partial charge in [-0.15, -0.1) is 0 Å². The number of carbonyl (C=O) groups is 1. The van der Waals surface area contributed by atoms with E-state index in [0.29, 0.717) is 19.0 Å². The zero-order chi connectivity index (χ0) is 28.1. The standard InChI is InChI=1S/C32H38F3N3O/c1-25(2)38(22-19-27-13-16-30(17-14-27)32(33,34)35)24-29-11-9-26(10-12-29)7-4-3-5-21-37-31(39)18-15-28-8-6-20-36-23-28/h6,8-18,20,23,25H,3-5,7,19,21-22,24H2,1-2H3,(H,37,39)/b18-15+. The number of unbranched alkanes of at least 4 members (excludes halogenated alkanes) is 2. The third-order valence-electron chi connectivity index (χ3n) is 6.66. The summed E-state index contributed by atoms with van der Waals surface area (Å²) in [6.07, 6.45) is 7.14. The van der Waals surface area contributed by atoms with Gasteiger partial charge in [0.25, 0.3) is 0 Å². The number of nitrogens with one attached hydrogen (secondary N) is 1. The molecule has 2 aromatic carbocycles. The van der Waals surface area contributed by atoms with Gasteiger partial charge in [0.05, 0.1) is 5.56 Å². The molecule has 3 aromatic rings. The largest absolute Gasteiger partial charge is 0.416 e. The predicted octanol–water partition coefficient (Wildman–Crippen LogP) is 7.10. The van der Waals surface area contributed by atoms with Crippen LogP contribution in [0.25, 0.3) is 6.08 Å². The molecule has 0 aliphatic heterocycles. The number of hydrogen-bond donors (Lipinski definition) is 1. The van der Waals surface area contributed by atoms with Crippen LogP contribution in [0.5, 0.6) is 0 Å². The first-order chi connectivity index (χ1) is 18.7. The van der Waals surface area contributed by atoms with Crippen LogP contribution in [0.4, 0.5) is 13.2 Å². The number of halogens is 3. The van der Waals surface area contributed by atoms with Gasteiger partial charge >= 0.3 is 6.18 Å². The molecule has 0 saturated carbocycles. The molecular formula is C32H38F3N3O. The smallest absolute Gasteiger partial charge is 0.353 e. The van der Waals surface area contributed by atoms with Crippen molar-refractivity contribution < 1.29 is 18.0 Å². The molecule has 3 rings (SSSR count). The molecule has 208 valence electrons. The molecular weight excluding hydrogens is 499 g/mol. The summed E-state index contributed by atoms with van der Waals surface area (Å²) in [6, 6.07) is 18.2. The number of hydrogen-bond acceptors (Lipinski definition) is 3. The van der Waals surface area contributed by atoms with Crippen molar-refractivity contribution in [1.29, 1.82) is 0 Å². The fourth-order valence-corrected chi connectivity index (χ4v) is 4.25. The van der Waals surface area contributed by atoms with Gasteiger partial charge in [-0.05, 0) is 86.1 Å². The Kier molecular flexibility index (Phi) is 11.7. The minimum atomic E-state index is -4.30. The lowest BCUT2D eigenvalue weighted by Crippen LogP contribution is -2.32. The highest BCUT2D eigenvalue weighted by molar-refractivity contribution is 5.91. The van der Waals surface area contributed by atoms with Crippen molar-refractivity contribution in [3.63, 3.8) is 0 Å². The van der Waals surface area contributed by atoms with Gasteiger partial charge in [-0.25, -0.2) is 0 Å². The summed E-state index contributed by atoms with van der Waals surface area (Å²) < 4.78 is 38.4. The monoisotopic (exact) mass is 537 g/mol. The van der Waals surface area contributed by atoms with E-state index in [0.717, 1.165) is 62.0 Å². The molecule has 0 fully saturated rings. The summed E-state index contributed by atoms with van der Waals surface area (Å²) in [6.45, 7) is 6.52. The van der Waals surface area contributed by atoms with Crippen molar-refractivity contribution in [1.82, 2.24) is 15.2 Å². The third-order valence-corrected chi connectivity index (χ3v) is 6.66. The SMILES string of the molecule is CC(C)N(CCc1ccc(C(F)(F)F)cc1)Cc1ccc(CCCCCNC(=O)/C=C/c2cccnc2)cc1. The summed E-state index contributed by atoms with van der Waals surface area (Å²) in [5.41, 5.74) is 3.72. The molecule has 1 amide bonds. The van der Waals surface area contributed by atoms with E-state index in [9.17, 15) is 18.0 Å². The van der Waals surface area contributed by atoms with Gasteiger partial charge in [-0.3, -0.25) is 14.7 Å². The quantitative estimate of drug-likeness (QED) is 0.176. The van der Waals surface area contributed by atoms with Crippen LogP contribution < -0.4 is 5.32 Å². The Morgan fingerprint density at radius 1 is 0.923 bits per heavy atom. The summed E-state index contributed by atoms with van der Waals surface area (Å²) in [4.78, 5) is 18.3. The van der Waals surface area contributed by atoms with Crippen LogP contribution in [0.15, 0.2) is 79.1 Å². The van der Waals surface area contributed by atoms with Crippen molar-refractivity contribution in [2.24, 2.45) is 0 Å². The molecule has 1 heterocycles. The maximum absolute atomic E-state index is 12.8. The number of alkyl halides is 3. The van der Waals surface area contributed by atoms with E-state index >= 15 is 0 Å². The van der Waals surface area contributed by atoms with E-state index in [-0.39, 0.29) is 5.91 Å². The van der Waals surface area contributed by atoms with Crippen LogP contribution in [-0.2, 0) is 30.4 Å². The first-order valence-electron chi connectivity index (χ1n) is 13.5. The fourth-order valence-electron chi connectivity index (χ4n) is 4.25. The molecule has 1 N–H and O–H groups in total. The highest BCUT2D eigenvalue weighted by Crippen LogP contribution is 2.29. The van der Waals surface area contributed by atoms with Crippen LogP contribution in [0.2, 0.25) is 0 Å². The number of amides is 1. The lowest BCUT2D eigenvalue weighted by atomic mass is 10.0. The second-order valence-electron chi connectivity index (χ2n) is 10.0. The maximum Gasteiger partial charge on any atom is 0.416 e. The fraction of sp³-hybridized carbons (Fsp3) is 0.375. The summed E-state index contributed by atoms with van der Waals surface area (Å²) in [7, 11) is 0. The number of carbonyl (C=O) groups excluding carboxylic acids is 1. The van der Waals surface area contributed by atoms with Gasteiger partial charge in [0, 0.05) is 44.1 Å². The zero-order valence-electron chi connectivity index (χ0n) is 22.8. The first-order valence-corrected chi connectivity index (χ1v) is 13.5. The molecule has 7 heteroatoms. The van der Waals surface area contributed by atoms with Gasteiger partial charge in [-0.2, -0.15) is 13.2 Å². The van der Waals surface area contributed by atoms with E-state index in [1.54, 1.807) is 30.6 Å². The van der Waals surface area contributed by atoms with Crippen molar-refractivity contribution in [3.05, 3.63) is 107 Å². The van der Waals surface area contributed by atoms with Gasteiger partial charge in [0.2, 0.25) is 5.91 Å². The van der Waals surface area contributed by atoms with Gasteiger partial charge in [-0.1, -0.05) is 48.9 Å². The highest BCUT2D eigenvalue weighted by atomic mass is 19.4. The van der Waals surface area contributed by atoms with Gasteiger partial charge in [0.1, 0.15) is 0 Å². The molecule has 1 aromatic heterocycles. The Morgan fingerprint density at radius 3 is 2.23 bits per heavy atom. The lowest BCUT2D eigenvalue weighted by molar-refractivity contribution is -0.137. The van der Waals surface area contributed by atoms with E-state index in [1.807, 2.05) is 12.1 Å². The van der Waals surface area contributed by atoms with E-state index in [1.165, 1.54) is 17.2 Å². The molecule has 0 aliphatic carbocycles. The Balaban J connectivity index is 1.34. The van der Waals surface area contributed by atoms with Crippen LogP contribution >= 0.6 is 0 Å². The molecule has 0 saturated heterocycles. The predicted molar refractivity (Wildman–Crippen MR) is 151 cm³/mol. The number of rotatable bonds is 14. The summed E-state index contributed by atoms with van der Waals surface area (Å²) >= 11 is 0. The minimum Gasteiger partial charge on any atom is -0.353 e. The van der Waals surface area contributed by atoms with Crippen molar-refractivity contribution >= 4 is 12.0 Å². The third kappa shape index (κ3) is 11.1. The van der Waals surface area contributed by atoms with E-state index in [2.05, 4.69) is 53.3 Å². The van der Waals surface area contributed by atoms with Crippen LogP contribution in [0.3, 0.4) is 0 Å². The van der Waals surface area contributed by atoms with E-state index in [4.69, 9.17) is 0 Å². The number of pyridine rings is 1. The average Bonchev–Trinajstić information content (AvgIpc) is 2.92. The molecule has 0 spiro atoms. The topological polar surface area (TPSA) is 45.2 Å². The minimum absolute atomic E-state index is 0.0933.